The zero-order valence-corrected chi connectivity index (χ0v) is 13.1. The number of aromatic nitrogens is 4. The van der Waals surface area contributed by atoms with Crippen LogP contribution in [0.3, 0.4) is 0 Å². The summed E-state index contributed by atoms with van der Waals surface area (Å²) in [4.78, 5) is 20.5. The van der Waals surface area contributed by atoms with Crippen molar-refractivity contribution in [1.82, 2.24) is 20.4 Å². The van der Waals surface area contributed by atoms with Crippen LogP contribution < -0.4 is 9.80 Å². The van der Waals surface area contributed by atoms with Gasteiger partial charge in [0.25, 0.3) is 0 Å². The minimum atomic E-state index is 0.0222. The van der Waals surface area contributed by atoms with E-state index in [1.807, 2.05) is 12.1 Å². The van der Waals surface area contributed by atoms with E-state index in [2.05, 4.69) is 25.3 Å². The Morgan fingerprint density at radius 1 is 1.35 bits per heavy atom. The number of amides is 1. The number of nitrogens with one attached hydrogen (secondary N) is 1. The molecular weight excluding hydrogens is 296 g/mol. The van der Waals surface area contributed by atoms with E-state index < -0.39 is 0 Å². The molecule has 23 heavy (non-hydrogen) atoms. The fraction of sp³-hybridized carbons (Fsp3) is 0.467. The molecule has 1 aliphatic rings. The lowest BCUT2D eigenvalue weighted by Crippen LogP contribution is -2.36. The van der Waals surface area contributed by atoms with Crippen molar-refractivity contribution in [3.8, 4) is 0 Å². The second-order valence-electron chi connectivity index (χ2n) is 5.39. The molecule has 1 aliphatic heterocycles. The van der Waals surface area contributed by atoms with Crippen LogP contribution in [0.1, 0.15) is 12.1 Å². The van der Waals surface area contributed by atoms with Gasteiger partial charge in [-0.3, -0.25) is 4.79 Å². The molecule has 0 unspecified atom stereocenters. The number of hydrogen-bond donors (Lipinski definition) is 1. The molecule has 0 aromatic carbocycles. The molecule has 1 fully saturated rings. The van der Waals surface area contributed by atoms with Crippen molar-refractivity contribution in [2.45, 2.75) is 12.8 Å². The van der Waals surface area contributed by atoms with Gasteiger partial charge in [0.1, 0.15) is 5.82 Å². The molecule has 1 N–H and O–H groups in total. The van der Waals surface area contributed by atoms with E-state index in [1.165, 1.54) is 0 Å². The van der Waals surface area contributed by atoms with Crippen molar-refractivity contribution in [2.24, 2.45) is 0 Å². The van der Waals surface area contributed by atoms with Gasteiger partial charge in [-0.2, -0.15) is 15.4 Å². The van der Waals surface area contributed by atoms with Crippen molar-refractivity contribution >= 4 is 17.4 Å². The molecule has 8 heteroatoms. The van der Waals surface area contributed by atoms with Gasteiger partial charge in [0.05, 0.1) is 37.0 Å². The average molecular weight is 316 g/mol. The topological polar surface area (TPSA) is 87.2 Å². The summed E-state index contributed by atoms with van der Waals surface area (Å²) in [7, 11) is 1.76. The van der Waals surface area contributed by atoms with E-state index in [0.717, 1.165) is 43.5 Å². The van der Waals surface area contributed by atoms with Crippen molar-refractivity contribution in [3.63, 3.8) is 0 Å². The molecule has 0 aliphatic carbocycles. The maximum absolute atomic E-state index is 12.2. The summed E-state index contributed by atoms with van der Waals surface area (Å²) in [6.07, 6.45) is 4.32. The van der Waals surface area contributed by atoms with Crippen molar-refractivity contribution in [3.05, 3.63) is 30.2 Å². The highest BCUT2D eigenvalue weighted by atomic mass is 16.5. The molecule has 0 bridgehead atoms. The Balaban J connectivity index is 1.58. The van der Waals surface area contributed by atoms with E-state index in [9.17, 15) is 4.79 Å². The smallest absolute Gasteiger partial charge is 0.227 e. The molecule has 0 saturated carbocycles. The largest absolute Gasteiger partial charge is 0.378 e. The van der Waals surface area contributed by atoms with E-state index in [0.29, 0.717) is 12.8 Å². The maximum Gasteiger partial charge on any atom is 0.227 e. The van der Waals surface area contributed by atoms with Gasteiger partial charge in [-0.25, -0.2) is 4.98 Å². The van der Waals surface area contributed by atoms with Crippen LogP contribution in [0.15, 0.2) is 24.5 Å². The fourth-order valence-electron chi connectivity index (χ4n) is 2.45. The number of aryl methyl sites for hydroxylation is 1. The number of pyridine rings is 1. The Hall–Kier alpha value is -2.48. The number of morpholine rings is 1. The Morgan fingerprint density at radius 3 is 2.83 bits per heavy atom. The van der Waals surface area contributed by atoms with E-state index in [1.54, 1.807) is 24.3 Å². The molecule has 0 atom stereocenters. The second kappa shape index (κ2) is 7.19. The minimum Gasteiger partial charge on any atom is -0.378 e. The average Bonchev–Trinajstić information content (AvgIpc) is 3.13. The van der Waals surface area contributed by atoms with E-state index in [-0.39, 0.29) is 5.91 Å². The van der Waals surface area contributed by atoms with Gasteiger partial charge in [0, 0.05) is 33.0 Å². The molecule has 1 saturated heterocycles. The van der Waals surface area contributed by atoms with Crippen LogP contribution in [-0.2, 0) is 16.0 Å². The van der Waals surface area contributed by atoms with E-state index >= 15 is 0 Å². The molecule has 2 aromatic rings. The maximum atomic E-state index is 12.2. The molecule has 3 heterocycles. The van der Waals surface area contributed by atoms with Crippen molar-refractivity contribution in [1.29, 1.82) is 0 Å². The Morgan fingerprint density at radius 2 is 2.17 bits per heavy atom. The molecule has 0 radical (unpaired) electrons. The predicted octanol–water partition coefficient (Wildman–Crippen LogP) is 0.632. The number of rotatable bonds is 5. The van der Waals surface area contributed by atoms with Crippen LogP contribution in [0.2, 0.25) is 0 Å². The number of anilines is 2. The monoisotopic (exact) mass is 316 g/mol. The van der Waals surface area contributed by atoms with Crippen LogP contribution in [0, 0.1) is 0 Å². The number of hydrogen-bond acceptors (Lipinski definition) is 6. The number of nitrogens with zero attached hydrogens (tertiary/aromatic N) is 5. The van der Waals surface area contributed by atoms with Crippen LogP contribution >= 0.6 is 0 Å². The number of carbonyl (C=O) groups excluding carboxylic acids is 1. The lowest BCUT2D eigenvalue weighted by atomic mass is 10.2. The van der Waals surface area contributed by atoms with Gasteiger partial charge in [0.2, 0.25) is 5.91 Å². The quantitative estimate of drug-likeness (QED) is 0.870. The highest BCUT2D eigenvalue weighted by Gasteiger charge is 2.15. The first-order valence-corrected chi connectivity index (χ1v) is 7.64. The summed E-state index contributed by atoms with van der Waals surface area (Å²) in [5.41, 5.74) is 1.57. The first kappa shape index (κ1) is 15.4. The molecular formula is C15H20N6O2. The zero-order valence-electron chi connectivity index (χ0n) is 13.1. The molecule has 3 rings (SSSR count). The third-order valence-electron chi connectivity index (χ3n) is 3.89. The lowest BCUT2D eigenvalue weighted by molar-refractivity contribution is -0.118. The minimum absolute atomic E-state index is 0.0222. The highest BCUT2D eigenvalue weighted by molar-refractivity contribution is 5.92. The summed E-state index contributed by atoms with van der Waals surface area (Å²) < 4.78 is 5.34. The van der Waals surface area contributed by atoms with Gasteiger partial charge in [-0.05, 0) is 12.1 Å². The summed E-state index contributed by atoms with van der Waals surface area (Å²) in [6.45, 7) is 3.14. The first-order chi connectivity index (χ1) is 11.2. The second-order valence-corrected chi connectivity index (χ2v) is 5.39. The number of H-pyrrole nitrogens is 1. The fourth-order valence-corrected chi connectivity index (χ4v) is 2.45. The summed E-state index contributed by atoms with van der Waals surface area (Å²) in [6, 6.07) is 3.87. The number of ether oxygens (including phenoxy) is 1. The Labute approximate surface area is 134 Å². The Kier molecular flexibility index (Phi) is 4.82. The van der Waals surface area contributed by atoms with E-state index in [4.69, 9.17) is 4.74 Å². The van der Waals surface area contributed by atoms with Gasteiger partial charge in [-0.1, -0.05) is 0 Å². The molecule has 8 nitrogen and oxygen atoms in total. The van der Waals surface area contributed by atoms with Crippen LogP contribution in [0.4, 0.5) is 11.5 Å². The van der Waals surface area contributed by atoms with Gasteiger partial charge < -0.3 is 14.5 Å². The van der Waals surface area contributed by atoms with Crippen LogP contribution in [0.5, 0.6) is 0 Å². The lowest BCUT2D eigenvalue weighted by Gasteiger charge is -2.28. The third-order valence-corrected chi connectivity index (χ3v) is 3.89. The SMILES string of the molecule is CN(C(=O)CCc1cn[nH]n1)c1ccc(N2CCOCC2)nc1. The van der Waals surface area contributed by atoms with Crippen LogP contribution in [0.25, 0.3) is 0 Å². The van der Waals surface area contributed by atoms with Gasteiger partial charge in [-0.15, -0.1) is 0 Å². The summed E-state index contributed by atoms with van der Waals surface area (Å²) in [5, 5.41) is 10.2. The van der Waals surface area contributed by atoms with Gasteiger partial charge in [0.15, 0.2) is 0 Å². The number of carbonyl (C=O) groups is 1. The summed E-state index contributed by atoms with van der Waals surface area (Å²) in [5.74, 6) is 0.939. The molecule has 1 amide bonds. The molecule has 0 spiro atoms. The Bertz CT molecular complexity index is 622. The molecule has 122 valence electrons. The summed E-state index contributed by atoms with van der Waals surface area (Å²) >= 11 is 0. The van der Waals surface area contributed by atoms with Crippen molar-refractivity contribution < 1.29 is 9.53 Å². The van der Waals surface area contributed by atoms with Crippen molar-refractivity contribution in [2.75, 3.05) is 43.2 Å². The zero-order chi connectivity index (χ0) is 16.1. The highest BCUT2D eigenvalue weighted by Crippen LogP contribution is 2.18. The van der Waals surface area contributed by atoms with Crippen LogP contribution in [-0.4, -0.2) is 59.7 Å². The molecule has 2 aromatic heterocycles. The predicted molar refractivity (Wildman–Crippen MR) is 85.4 cm³/mol. The first-order valence-electron chi connectivity index (χ1n) is 7.64. The normalized spacial score (nSPS) is 14.7. The number of aromatic amines is 1. The third kappa shape index (κ3) is 3.84. The van der Waals surface area contributed by atoms with Gasteiger partial charge >= 0.3 is 0 Å². The standard InChI is InChI=1S/C15H20N6O2/c1-20(15(22)5-2-12-10-17-19-18-12)13-3-4-14(16-11-13)21-6-8-23-9-7-21/h3-4,10-11H,2,5-9H2,1H3,(H,17,18,19).